The fraction of sp³-hybridized carbons (Fsp3) is 0.478. The molecule has 2 aromatic rings. The van der Waals surface area contributed by atoms with Crippen LogP contribution in [0.25, 0.3) is 0 Å². The summed E-state index contributed by atoms with van der Waals surface area (Å²) in [4.78, 5) is 2.23. The zero-order valence-electron chi connectivity index (χ0n) is 16.7. The summed E-state index contributed by atoms with van der Waals surface area (Å²) in [6.45, 7) is 5.73. The minimum absolute atomic E-state index is 0.188. The maximum atomic E-state index is 10.5. The number of hydrogen-bond donors (Lipinski definition) is 3. The molecule has 1 unspecified atom stereocenters. The fourth-order valence-electron chi connectivity index (χ4n) is 3.66. The predicted molar refractivity (Wildman–Crippen MR) is 109 cm³/mol. The Morgan fingerprint density at radius 3 is 2.43 bits per heavy atom. The molecule has 0 bridgehead atoms. The summed E-state index contributed by atoms with van der Waals surface area (Å²) in [5.41, 5.74) is 3.14. The average Bonchev–Trinajstić information content (AvgIpc) is 2.67. The molecule has 0 aliphatic heterocycles. The molecule has 3 atom stereocenters. The lowest BCUT2D eigenvalue weighted by atomic mass is 9.87. The molecule has 0 radical (unpaired) electrons. The number of nitrogens with zero attached hydrogens (tertiary/aromatic N) is 1. The van der Waals surface area contributed by atoms with Crippen molar-refractivity contribution in [3.05, 3.63) is 65.2 Å². The van der Waals surface area contributed by atoms with Crippen LogP contribution in [0.5, 0.6) is 5.75 Å². The van der Waals surface area contributed by atoms with E-state index >= 15 is 0 Å². The second-order valence-electron chi connectivity index (χ2n) is 7.91. The Morgan fingerprint density at radius 1 is 1.00 bits per heavy atom. The van der Waals surface area contributed by atoms with E-state index in [2.05, 4.69) is 30.9 Å². The summed E-state index contributed by atoms with van der Waals surface area (Å²) in [6, 6.07) is 16.2. The van der Waals surface area contributed by atoms with Gasteiger partial charge in [-0.2, -0.15) is 0 Å². The summed E-state index contributed by atoms with van der Waals surface area (Å²) in [5, 5.41) is 30.4. The first-order chi connectivity index (χ1) is 13.4. The molecule has 5 heteroatoms. The van der Waals surface area contributed by atoms with Crippen molar-refractivity contribution in [2.75, 3.05) is 13.2 Å². The normalized spacial score (nSPS) is 20.2. The molecular weight excluding hydrogens is 354 g/mol. The Morgan fingerprint density at radius 2 is 1.71 bits per heavy atom. The number of aliphatic hydroxyl groups is 3. The molecule has 0 fully saturated rings. The lowest BCUT2D eigenvalue weighted by Gasteiger charge is -2.30. The summed E-state index contributed by atoms with van der Waals surface area (Å²) in [7, 11) is 0. The molecule has 2 aromatic carbocycles. The van der Waals surface area contributed by atoms with Crippen molar-refractivity contribution in [2.24, 2.45) is 0 Å². The molecule has 3 rings (SSSR count). The summed E-state index contributed by atoms with van der Waals surface area (Å²) < 4.78 is 5.91. The second-order valence-corrected chi connectivity index (χ2v) is 7.91. The quantitative estimate of drug-likeness (QED) is 0.649. The smallest absolute Gasteiger partial charge is 0.123 e. The Balaban J connectivity index is 1.59. The molecule has 0 aromatic heterocycles. The lowest BCUT2D eigenvalue weighted by molar-refractivity contribution is 0.0128. The van der Waals surface area contributed by atoms with Crippen LogP contribution in [0.3, 0.4) is 0 Å². The SMILES string of the molecule is CC(C)N(Cc1ccccc1)CC(O)COc1cccc2c1C[C@H](O)[C@H](O)C2. The van der Waals surface area contributed by atoms with Gasteiger partial charge in [-0.25, -0.2) is 0 Å². The first-order valence-electron chi connectivity index (χ1n) is 9.99. The van der Waals surface area contributed by atoms with Crippen molar-refractivity contribution >= 4 is 0 Å². The summed E-state index contributed by atoms with van der Waals surface area (Å²) in [6.07, 6.45) is -1.33. The molecule has 0 amide bonds. The predicted octanol–water partition coefficient (Wildman–Crippen LogP) is 2.16. The maximum Gasteiger partial charge on any atom is 0.123 e. The minimum atomic E-state index is -0.774. The number of rotatable bonds is 8. The van der Waals surface area contributed by atoms with E-state index in [1.54, 1.807) is 0 Å². The van der Waals surface area contributed by atoms with Gasteiger partial charge in [-0.1, -0.05) is 42.5 Å². The zero-order valence-corrected chi connectivity index (χ0v) is 16.7. The highest BCUT2D eigenvalue weighted by Gasteiger charge is 2.27. The number of aliphatic hydroxyl groups excluding tert-OH is 3. The molecule has 3 N–H and O–H groups in total. The first kappa shape index (κ1) is 20.8. The molecule has 5 nitrogen and oxygen atoms in total. The Labute approximate surface area is 167 Å². The van der Waals surface area contributed by atoms with Crippen molar-refractivity contribution in [3.63, 3.8) is 0 Å². The number of ether oxygens (including phenoxy) is 1. The van der Waals surface area contributed by atoms with E-state index in [9.17, 15) is 15.3 Å². The van der Waals surface area contributed by atoms with Crippen LogP contribution in [0.1, 0.15) is 30.5 Å². The molecule has 0 heterocycles. The highest BCUT2D eigenvalue weighted by atomic mass is 16.5. The minimum Gasteiger partial charge on any atom is -0.491 e. The fourth-order valence-corrected chi connectivity index (χ4v) is 3.66. The van der Waals surface area contributed by atoms with E-state index in [1.807, 2.05) is 36.4 Å². The van der Waals surface area contributed by atoms with Crippen molar-refractivity contribution in [3.8, 4) is 5.75 Å². The van der Waals surface area contributed by atoms with Gasteiger partial charge in [-0.3, -0.25) is 4.90 Å². The third-order valence-electron chi connectivity index (χ3n) is 5.35. The van der Waals surface area contributed by atoms with Gasteiger partial charge in [-0.05, 0) is 31.0 Å². The molecule has 1 aliphatic carbocycles. The van der Waals surface area contributed by atoms with E-state index < -0.39 is 18.3 Å². The molecule has 152 valence electrons. The highest BCUT2D eigenvalue weighted by Crippen LogP contribution is 2.30. The van der Waals surface area contributed by atoms with Crippen LogP contribution >= 0.6 is 0 Å². The first-order valence-corrected chi connectivity index (χ1v) is 9.99. The van der Waals surface area contributed by atoms with Crippen molar-refractivity contribution in [2.45, 2.75) is 57.6 Å². The topological polar surface area (TPSA) is 73.2 Å². The van der Waals surface area contributed by atoms with Gasteiger partial charge in [0.15, 0.2) is 0 Å². The molecule has 28 heavy (non-hydrogen) atoms. The molecule has 1 aliphatic rings. The molecule has 0 spiro atoms. The molecule has 0 saturated heterocycles. The number of benzene rings is 2. The van der Waals surface area contributed by atoms with Gasteiger partial charge >= 0.3 is 0 Å². The lowest BCUT2D eigenvalue weighted by Crippen LogP contribution is -2.39. The van der Waals surface area contributed by atoms with Gasteiger partial charge < -0.3 is 20.1 Å². The van der Waals surface area contributed by atoms with E-state index in [1.165, 1.54) is 5.56 Å². The number of fused-ring (bicyclic) bond motifs is 1. The maximum absolute atomic E-state index is 10.5. The third-order valence-corrected chi connectivity index (χ3v) is 5.35. The van der Waals surface area contributed by atoms with E-state index in [0.29, 0.717) is 31.2 Å². The standard InChI is InChI=1S/C23H31NO4/c1-16(2)24(13-17-7-4-3-5-8-17)14-19(25)15-28-23-10-6-9-18-11-21(26)22(27)12-20(18)23/h3-10,16,19,21-22,25-27H,11-15H2,1-2H3/t19?,21-,22+/m1/s1. The zero-order chi connectivity index (χ0) is 20.1. The van der Waals surface area contributed by atoms with Gasteiger partial charge in [0, 0.05) is 37.5 Å². The molecule has 0 saturated carbocycles. The van der Waals surface area contributed by atoms with Crippen LogP contribution in [0.4, 0.5) is 0 Å². The van der Waals surface area contributed by atoms with Crippen LogP contribution in [0.15, 0.2) is 48.5 Å². The average molecular weight is 386 g/mol. The van der Waals surface area contributed by atoms with Gasteiger partial charge in [0.05, 0.1) is 12.2 Å². The van der Waals surface area contributed by atoms with Crippen LogP contribution in [0, 0.1) is 0 Å². The summed E-state index contributed by atoms with van der Waals surface area (Å²) in [5.74, 6) is 0.682. The van der Waals surface area contributed by atoms with Crippen LogP contribution in [0.2, 0.25) is 0 Å². The second kappa shape index (κ2) is 9.52. The van der Waals surface area contributed by atoms with Gasteiger partial charge in [0.2, 0.25) is 0 Å². The summed E-state index contributed by atoms with van der Waals surface area (Å²) >= 11 is 0. The van der Waals surface area contributed by atoms with E-state index in [4.69, 9.17) is 4.74 Å². The van der Waals surface area contributed by atoms with Crippen LogP contribution < -0.4 is 4.74 Å². The Hall–Kier alpha value is -1.92. The number of hydrogen-bond acceptors (Lipinski definition) is 5. The van der Waals surface area contributed by atoms with Crippen molar-refractivity contribution in [1.82, 2.24) is 4.90 Å². The van der Waals surface area contributed by atoms with Crippen LogP contribution in [-0.2, 0) is 19.4 Å². The highest BCUT2D eigenvalue weighted by molar-refractivity contribution is 5.43. The largest absolute Gasteiger partial charge is 0.491 e. The van der Waals surface area contributed by atoms with Crippen molar-refractivity contribution in [1.29, 1.82) is 0 Å². The van der Waals surface area contributed by atoms with Gasteiger partial charge in [0.1, 0.15) is 18.5 Å². The Kier molecular flexibility index (Phi) is 7.08. The monoisotopic (exact) mass is 385 g/mol. The van der Waals surface area contributed by atoms with Crippen molar-refractivity contribution < 1.29 is 20.1 Å². The van der Waals surface area contributed by atoms with Gasteiger partial charge in [-0.15, -0.1) is 0 Å². The van der Waals surface area contributed by atoms with E-state index in [0.717, 1.165) is 17.7 Å². The van der Waals surface area contributed by atoms with E-state index in [-0.39, 0.29) is 6.61 Å². The van der Waals surface area contributed by atoms with Crippen LogP contribution in [-0.4, -0.2) is 57.7 Å². The molecular formula is C23H31NO4. The van der Waals surface area contributed by atoms with Gasteiger partial charge in [0.25, 0.3) is 0 Å². The third kappa shape index (κ3) is 5.32. The Bertz CT molecular complexity index is 750.